The minimum Gasteiger partial charge on any atom is -0.463 e. The Morgan fingerprint density at radius 3 is 3.23 bits per heavy atom. The van der Waals surface area contributed by atoms with E-state index >= 15 is 0 Å². The van der Waals surface area contributed by atoms with Crippen LogP contribution < -0.4 is 0 Å². The van der Waals surface area contributed by atoms with Crippen LogP contribution in [0.15, 0.2) is 19.0 Å². The van der Waals surface area contributed by atoms with Crippen LogP contribution in [0.4, 0.5) is 0 Å². The number of allylic oxidation sites excluding steroid dienone is 1. The Morgan fingerprint density at radius 2 is 2.62 bits per heavy atom. The van der Waals surface area contributed by atoms with Crippen LogP contribution in [-0.4, -0.2) is 27.8 Å². The lowest BCUT2D eigenvalue weighted by Gasteiger charge is -1.94. The van der Waals surface area contributed by atoms with E-state index in [0.717, 1.165) is 6.42 Å². The number of ether oxygens (including phenoxy) is 1. The second-order valence-corrected chi connectivity index (χ2v) is 2.40. The van der Waals surface area contributed by atoms with E-state index in [-0.39, 0.29) is 5.82 Å². The predicted molar refractivity (Wildman–Crippen MR) is 46.2 cm³/mol. The van der Waals surface area contributed by atoms with Gasteiger partial charge in [0.2, 0.25) is 0 Å². The molecule has 0 aliphatic carbocycles. The number of esters is 1. The minimum absolute atomic E-state index is 0.0894. The third-order valence-corrected chi connectivity index (χ3v) is 1.47. The second kappa shape index (κ2) is 4.39. The molecule has 0 unspecified atom stereocenters. The largest absolute Gasteiger partial charge is 0.463 e. The Labute approximate surface area is 76.0 Å². The molecule has 0 fully saturated rings. The van der Waals surface area contributed by atoms with Gasteiger partial charge in [-0.1, -0.05) is 6.08 Å². The number of hydrogen-bond acceptors (Lipinski definition) is 4. The van der Waals surface area contributed by atoms with Crippen LogP contribution >= 0.6 is 0 Å². The van der Waals surface area contributed by atoms with Gasteiger partial charge in [0.15, 0.2) is 0 Å². The summed E-state index contributed by atoms with van der Waals surface area (Å²) in [6, 6.07) is 0. The average Bonchev–Trinajstić information content (AvgIpc) is 2.62. The summed E-state index contributed by atoms with van der Waals surface area (Å²) in [5, 5.41) is 3.90. The third kappa shape index (κ3) is 2.40. The molecule has 1 aromatic rings. The molecule has 0 aliphatic rings. The Morgan fingerprint density at radius 1 is 1.85 bits per heavy atom. The molecule has 0 saturated carbocycles. The molecule has 5 heteroatoms. The summed E-state index contributed by atoms with van der Waals surface area (Å²) in [6.45, 7) is 4.25. The zero-order valence-electron chi connectivity index (χ0n) is 7.43. The van der Waals surface area contributed by atoms with Gasteiger partial charge in [-0.05, 0) is 6.42 Å². The average molecular weight is 181 g/mol. The molecule has 70 valence electrons. The van der Waals surface area contributed by atoms with Crippen molar-refractivity contribution in [3.8, 4) is 0 Å². The van der Waals surface area contributed by atoms with Gasteiger partial charge in [-0.2, -0.15) is 0 Å². The number of rotatable bonds is 4. The number of hydrogen-bond donors (Lipinski definition) is 0. The number of carbonyl (C=O) groups is 1. The molecule has 1 heterocycles. The highest BCUT2D eigenvalue weighted by atomic mass is 16.5. The maximum absolute atomic E-state index is 10.9. The molecular weight excluding hydrogens is 170 g/mol. The van der Waals surface area contributed by atoms with E-state index in [1.165, 1.54) is 13.4 Å². The minimum atomic E-state index is -0.516. The molecule has 0 spiro atoms. The maximum Gasteiger partial charge on any atom is 0.377 e. The van der Waals surface area contributed by atoms with E-state index in [2.05, 4.69) is 21.4 Å². The number of aryl methyl sites for hydroxylation is 1. The Balaban J connectivity index is 2.63. The molecule has 1 rings (SSSR count). The van der Waals surface area contributed by atoms with E-state index in [1.54, 1.807) is 10.8 Å². The van der Waals surface area contributed by atoms with Gasteiger partial charge in [0.25, 0.3) is 5.82 Å². The first kappa shape index (κ1) is 9.44. The summed E-state index contributed by atoms with van der Waals surface area (Å²) in [6.07, 6.45) is 4.07. The highest BCUT2D eigenvalue weighted by Gasteiger charge is 2.10. The molecule has 0 saturated heterocycles. The molecule has 0 N–H and O–H groups in total. The predicted octanol–water partition coefficient (Wildman–Crippen LogP) is 0.641. The van der Waals surface area contributed by atoms with E-state index in [9.17, 15) is 4.79 Å². The summed E-state index contributed by atoms with van der Waals surface area (Å²) in [7, 11) is 1.30. The maximum atomic E-state index is 10.9. The molecule has 0 bridgehead atoms. The Bertz CT molecular complexity index is 306. The fourth-order valence-corrected chi connectivity index (χ4v) is 0.811. The van der Waals surface area contributed by atoms with Gasteiger partial charge in [0, 0.05) is 6.54 Å². The van der Waals surface area contributed by atoms with Gasteiger partial charge in [0.1, 0.15) is 6.33 Å². The highest BCUT2D eigenvalue weighted by Crippen LogP contribution is 1.94. The lowest BCUT2D eigenvalue weighted by atomic mass is 10.4. The van der Waals surface area contributed by atoms with Crippen LogP contribution in [0, 0.1) is 0 Å². The molecule has 13 heavy (non-hydrogen) atoms. The van der Waals surface area contributed by atoms with Crippen LogP contribution in [0.25, 0.3) is 0 Å². The fraction of sp³-hybridized carbons (Fsp3) is 0.375. The third-order valence-electron chi connectivity index (χ3n) is 1.47. The van der Waals surface area contributed by atoms with Crippen molar-refractivity contribution in [1.29, 1.82) is 0 Å². The first-order valence-electron chi connectivity index (χ1n) is 3.86. The number of nitrogens with zero attached hydrogens (tertiary/aromatic N) is 3. The Kier molecular flexibility index (Phi) is 3.19. The zero-order chi connectivity index (χ0) is 9.68. The zero-order valence-corrected chi connectivity index (χ0v) is 7.43. The number of aromatic nitrogens is 3. The molecule has 0 atom stereocenters. The van der Waals surface area contributed by atoms with Gasteiger partial charge in [-0.15, -0.1) is 11.7 Å². The van der Waals surface area contributed by atoms with Crippen LogP contribution in [0.1, 0.15) is 17.0 Å². The van der Waals surface area contributed by atoms with E-state index in [4.69, 9.17) is 0 Å². The van der Waals surface area contributed by atoms with Crippen molar-refractivity contribution >= 4 is 5.97 Å². The van der Waals surface area contributed by atoms with Crippen molar-refractivity contribution < 1.29 is 9.53 Å². The van der Waals surface area contributed by atoms with Crippen LogP contribution in [-0.2, 0) is 11.3 Å². The first-order valence-corrected chi connectivity index (χ1v) is 3.86. The van der Waals surface area contributed by atoms with Crippen molar-refractivity contribution in [3.05, 3.63) is 24.8 Å². The van der Waals surface area contributed by atoms with Gasteiger partial charge in [-0.3, -0.25) is 4.68 Å². The van der Waals surface area contributed by atoms with Crippen molar-refractivity contribution in [2.75, 3.05) is 7.11 Å². The summed E-state index contributed by atoms with van der Waals surface area (Å²) in [5.41, 5.74) is 0. The van der Waals surface area contributed by atoms with Crippen LogP contribution in [0.3, 0.4) is 0 Å². The van der Waals surface area contributed by atoms with Gasteiger partial charge >= 0.3 is 5.97 Å². The van der Waals surface area contributed by atoms with Crippen molar-refractivity contribution in [3.63, 3.8) is 0 Å². The first-order chi connectivity index (χ1) is 6.27. The quantitative estimate of drug-likeness (QED) is 0.505. The Hall–Kier alpha value is -1.65. The molecule has 0 amide bonds. The van der Waals surface area contributed by atoms with Crippen molar-refractivity contribution in [2.24, 2.45) is 0 Å². The normalized spacial score (nSPS) is 9.62. The monoisotopic (exact) mass is 181 g/mol. The topological polar surface area (TPSA) is 57.0 Å². The van der Waals surface area contributed by atoms with Gasteiger partial charge < -0.3 is 4.74 Å². The number of methoxy groups -OCH3 is 1. The van der Waals surface area contributed by atoms with Crippen molar-refractivity contribution in [2.45, 2.75) is 13.0 Å². The van der Waals surface area contributed by atoms with E-state index < -0.39 is 5.97 Å². The molecule has 0 aromatic carbocycles. The molecule has 0 aliphatic heterocycles. The molecular formula is C8H11N3O2. The summed E-state index contributed by atoms with van der Waals surface area (Å²) in [5.74, 6) is -0.427. The fourth-order valence-electron chi connectivity index (χ4n) is 0.811. The molecule has 5 nitrogen and oxygen atoms in total. The van der Waals surface area contributed by atoms with E-state index in [1.807, 2.05) is 0 Å². The number of carbonyl (C=O) groups excluding carboxylic acids is 1. The molecule has 0 radical (unpaired) electrons. The van der Waals surface area contributed by atoms with Crippen LogP contribution in [0.5, 0.6) is 0 Å². The molecule has 1 aromatic heterocycles. The van der Waals surface area contributed by atoms with Gasteiger partial charge in [-0.25, -0.2) is 9.78 Å². The summed E-state index contributed by atoms with van der Waals surface area (Å²) >= 11 is 0. The second-order valence-electron chi connectivity index (χ2n) is 2.40. The van der Waals surface area contributed by atoms with Gasteiger partial charge in [0.05, 0.1) is 7.11 Å². The standard InChI is InChI=1S/C8H11N3O2/c1-3-4-5-11-6-9-7(10-11)8(12)13-2/h3,6H,1,4-5H2,2H3. The van der Waals surface area contributed by atoms with E-state index in [0.29, 0.717) is 6.54 Å². The lowest BCUT2D eigenvalue weighted by Crippen LogP contribution is -2.05. The van der Waals surface area contributed by atoms with Crippen LogP contribution in [0.2, 0.25) is 0 Å². The summed E-state index contributed by atoms with van der Waals surface area (Å²) < 4.78 is 6.03. The highest BCUT2D eigenvalue weighted by molar-refractivity contribution is 5.84. The smallest absolute Gasteiger partial charge is 0.377 e. The van der Waals surface area contributed by atoms with Crippen molar-refractivity contribution in [1.82, 2.24) is 14.8 Å². The SMILES string of the molecule is C=CCCn1cnc(C(=O)OC)n1. The lowest BCUT2D eigenvalue weighted by molar-refractivity contribution is 0.0586. The summed E-state index contributed by atoms with van der Waals surface area (Å²) in [4.78, 5) is 14.7.